The highest BCUT2D eigenvalue weighted by Crippen LogP contribution is 2.28. The van der Waals surface area contributed by atoms with Gasteiger partial charge in [0.05, 0.1) is 6.54 Å². The maximum absolute atomic E-state index is 12.3. The van der Waals surface area contributed by atoms with Gasteiger partial charge in [-0.15, -0.1) is 0 Å². The fraction of sp³-hybridized carbons (Fsp3) is 0.556. The van der Waals surface area contributed by atoms with E-state index >= 15 is 0 Å². The Morgan fingerprint density at radius 2 is 2.04 bits per heavy atom. The molecule has 0 spiro atoms. The maximum atomic E-state index is 12.3. The van der Waals surface area contributed by atoms with Crippen molar-refractivity contribution >= 4 is 11.9 Å². The van der Waals surface area contributed by atoms with Crippen molar-refractivity contribution in [2.75, 3.05) is 32.7 Å². The van der Waals surface area contributed by atoms with Crippen LogP contribution in [0.4, 0.5) is 0 Å². The van der Waals surface area contributed by atoms with Crippen LogP contribution in [0.15, 0.2) is 29.3 Å². The molecule has 1 saturated carbocycles. The van der Waals surface area contributed by atoms with Crippen molar-refractivity contribution in [3.05, 3.63) is 29.8 Å². The number of phenols is 1. The number of hydrogen-bond acceptors (Lipinski definition) is 3. The Morgan fingerprint density at radius 1 is 1.29 bits per heavy atom. The predicted octanol–water partition coefficient (Wildman–Crippen LogP) is 1.21. The maximum Gasteiger partial charge on any atom is 0.242 e. The van der Waals surface area contributed by atoms with E-state index in [0.717, 1.165) is 50.4 Å². The van der Waals surface area contributed by atoms with Gasteiger partial charge in [0.15, 0.2) is 5.96 Å². The number of rotatable bonds is 5. The molecule has 1 amide bonds. The standard InChI is InChI=1S/C18H26N4O2/c1-2-19-18(20-10-9-14-3-7-16(23)8-4-14)21-11-12-22(15-5-6-15)17(24)13-21/h3-4,7-8,15,23H,2,5-6,9-13H2,1H3,(H,19,20). The minimum atomic E-state index is 0.216. The van der Waals surface area contributed by atoms with Crippen LogP contribution in [0.3, 0.4) is 0 Å². The highest BCUT2D eigenvalue weighted by atomic mass is 16.3. The number of nitrogens with one attached hydrogen (secondary N) is 1. The number of carbonyl (C=O) groups excluding carboxylic acids is 1. The van der Waals surface area contributed by atoms with Crippen molar-refractivity contribution in [2.45, 2.75) is 32.2 Å². The molecule has 0 bridgehead atoms. The summed E-state index contributed by atoms with van der Waals surface area (Å²) in [7, 11) is 0. The molecule has 130 valence electrons. The van der Waals surface area contributed by atoms with E-state index in [-0.39, 0.29) is 11.7 Å². The molecule has 0 radical (unpaired) electrons. The minimum absolute atomic E-state index is 0.216. The number of carbonyl (C=O) groups is 1. The molecule has 1 aliphatic heterocycles. The van der Waals surface area contributed by atoms with Crippen molar-refractivity contribution in [3.8, 4) is 5.75 Å². The number of phenolic OH excluding ortho intramolecular Hbond substituents is 1. The number of guanidine groups is 1. The first-order chi connectivity index (χ1) is 11.7. The fourth-order valence-electron chi connectivity index (χ4n) is 3.02. The molecule has 3 rings (SSSR count). The Labute approximate surface area is 143 Å². The summed E-state index contributed by atoms with van der Waals surface area (Å²) in [5.41, 5.74) is 1.14. The number of benzene rings is 1. The van der Waals surface area contributed by atoms with Crippen molar-refractivity contribution in [1.82, 2.24) is 15.1 Å². The van der Waals surface area contributed by atoms with Crippen LogP contribution in [0, 0.1) is 0 Å². The molecule has 1 aromatic carbocycles. The molecular formula is C18H26N4O2. The highest BCUT2D eigenvalue weighted by Gasteiger charge is 2.36. The zero-order valence-corrected chi connectivity index (χ0v) is 14.2. The van der Waals surface area contributed by atoms with Crippen LogP contribution in [-0.2, 0) is 11.2 Å². The summed E-state index contributed by atoms with van der Waals surface area (Å²) < 4.78 is 0. The molecule has 0 aromatic heterocycles. The lowest BCUT2D eigenvalue weighted by Gasteiger charge is -2.36. The summed E-state index contributed by atoms with van der Waals surface area (Å²) in [5, 5.41) is 12.6. The number of amides is 1. The van der Waals surface area contributed by atoms with Gasteiger partial charge < -0.3 is 20.2 Å². The number of hydrogen-bond donors (Lipinski definition) is 2. The van der Waals surface area contributed by atoms with E-state index in [0.29, 0.717) is 19.1 Å². The van der Waals surface area contributed by atoms with Gasteiger partial charge >= 0.3 is 0 Å². The average Bonchev–Trinajstić information content (AvgIpc) is 3.40. The van der Waals surface area contributed by atoms with Gasteiger partial charge in [0, 0.05) is 32.2 Å². The van der Waals surface area contributed by atoms with Gasteiger partial charge in [-0.25, -0.2) is 0 Å². The fourth-order valence-corrected chi connectivity index (χ4v) is 3.02. The van der Waals surface area contributed by atoms with Crippen molar-refractivity contribution < 1.29 is 9.90 Å². The molecule has 1 heterocycles. The molecule has 1 saturated heterocycles. The van der Waals surface area contributed by atoms with Gasteiger partial charge in [0.1, 0.15) is 5.75 Å². The molecule has 1 aliphatic carbocycles. The Balaban J connectivity index is 1.57. The van der Waals surface area contributed by atoms with E-state index in [4.69, 9.17) is 0 Å². The minimum Gasteiger partial charge on any atom is -0.508 e. The van der Waals surface area contributed by atoms with Gasteiger partial charge in [-0.2, -0.15) is 0 Å². The van der Waals surface area contributed by atoms with Crippen molar-refractivity contribution in [2.24, 2.45) is 4.99 Å². The SMILES string of the molecule is CCNC(=NCCc1ccc(O)cc1)N1CCN(C2CC2)C(=O)C1. The Morgan fingerprint density at radius 3 is 2.67 bits per heavy atom. The summed E-state index contributed by atoms with van der Waals surface area (Å²) >= 11 is 0. The second kappa shape index (κ2) is 7.55. The van der Waals surface area contributed by atoms with E-state index in [9.17, 15) is 9.90 Å². The van der Waals surface area contributed by atoms with Crippen molar-refractivity contribution in [3.63, 3.8) is 0 Å². The lowest BCUT2D eigenvalue weighted by molar-refractivity contribution is -0.135. The Kier molecular flexibility index (Phi) is 5.23. The molecule has 2 aliphatic rings. The number of aromatic hydroxyl groups is 1. The first-order valence-electron chi connectivity index (χ1n) is 8.78. The largest absolute Gasteiger partial charge is 0.508 e. The Hall–Kier alpha value is -2.24. The van der Waals surface area contributed by atoms with E-state index in [2.05, 4.69) is 15.2 Å². The molecule has 6 heteroatoms. The van der Waals surface area contributed by atoms with Crippen LogP contribution < -0.4 is 5.32 Å². The first-order valence-corrected chi connectivity index (χ1v) is 8.78. The van der Waals surface area contributed by atoms with Crippen LogP contribution in [0.25, 0.3) is 0 Å². The third-order valence-electron chi connectivity index (χ3n) is 4.48. The zero-order chi connectivity index (χ0) is 16.9. The zero-order valence-electron chi connectivity index (χ0n) is 14.2. The Bertz CT molecular complexity index is 596. The summed E-state index contributed by atoms with van der Waals surface area (Å²) in [6, 6.07) is 7.71. The molecule has 2 fully saturated rings. The van der Waals surface area contributed by atoms with E-state index in [1.807, 2.05) is 24.0 Å². The number of piperazine rings is 1. The second-order valence-corrected chi connectivity index (χ2v) is 6.39. The van der Waals surface area contributed by atoms with Crippen LogP contribution in [-0.4, -0.2) is 65.5 Å². The van der Waals surface area contributed by atoms with E-state index in [1.165, 1.54) is 0 Å². The van der Waals surface area contributed by atoms with Gasteiger partial charge in [0.25, 0.3) is 0 Å². The first kappa shape index (κ1) is 16.6. The molecule has 0 atom stereocenters. The molecule has 1 aromatic rings. The third kappa shape index (κ3) is 4.19. The highest BCUT2D eigenvalue weighted by molar-refractivity contribution is 5.88. The number of nitrogens with zero attached hydrogens (tertiary/aromatic N) is 3. The summed E-state index contributed by atoms with van der Waals surface area (Å²) in [5.74, 6) is 1.32. The predicted molar refractivity (Wildman–Crippen MR) is 94.1 cm³/mol. The van der Waals surface area contributed by atoms with Gasteiger partial charge in [0.2, 0.25) is 5.91 Å². The average molecular weight is 330 g/mol. The van der Waals surface area contributed by atoms with Gasteiger partial charge in [-0.3, -0.25) is 9.79 Å². The molecule has 6 nitrogen and oxygen atoms in total. The van der Waals surface area contributed by atoms with Gasteiger partial charge in [-0.05, 0) is 43.9 Å². The lowest BCUT2D eigenvalue weighted by Crippen LogP contribution is -2.55. The van der Waals surface area contributed by atoms with Crippen LogP contribution in [0.1, 0.15) is 25.3 Å². The van der Waals surface area contributed by atoms with Crippen LogP contribution >= 0.6 is 0 Å². The smallest absolute Gasteiger partial charge is 0.242 e. The molecule has 0 unspecified atom stereocenters. The lowest BCUT2D eigenvalue weighted by atomic mass is 10.1. The number of aliphatic imine (C=N–C) groups is 1. The normalized spacial score (nSPS) is 18.9. The summed E-state index contributed by atoms with van der Waals surface area (Å²) in [6.07, 6.45) is 3.13. The monoisotopic (exact) mass is 330 g/mol. The van der Waals surface area contributed by atoms with E-state index < -0.39 is 0 Å². The van der Waals surface area contributed by atoms with E-state index in [1.54, 1.807) is 12.1 Å². The third-order valence-corrected chi connectivity index (χ3v) is 4.48. The van der Waals surface area contributed by atoms with Crippen LogP contribution in [0.5, 0.6) is 5.75 Å². The summed E-state index contributed by atoms with van der Waals surface area (Å²) in [4.78, 5) is 21.1. The van der Waals surface area contributed by atoms with Gasteiger partial charge in [-0.1, -0.05) is 12.1 Å². The van der Waals surface area contributed by atoms with Crippen molar-refractivity contribution in [1.29, 1.82) is 0 Å². The summed E-state index contributed by atoms with van der Waals surface area (Å²) in [6.45, 7) is 5.54. The topological polar surface area (TPSA) is 68.2 Å². The second-order valence-electron chi connectivity index (χ2n) is 6.39. The molecular weight excluding hydrogens is 304 g/mol. The quantitative estimate of drug-likeness (QED) is 0.629. The van der Waals surface area contributed by atoms with Crippen LogP contribution in [0.2, 0.25) is 0 Å². The molecule has 24 heavy (non-hydrogen) atoms. The molecule has 2 N–H and O–H groups in total.